The number of nitrogens with zero attached hydrogens (tertiary/aromatic N) is 2. The second-order valence-corrected chi connectivity index (χ2v) is 5.97. The molecule has 2 rings (SSSR count). The molecule has 23 heavy (non-hydrogen) atoms. The quantitative estimate of drug-likeness (QED) is 0.814. The largest absolute Gasteiger partial charge is 0.340 e. The second-order valence-electron chi connectivity index (χ2n) is 5.97. The Morgan fingerprint density at radius 2 is 1.96 bits per heavy atom. The Morgan fingerprint density at radius 1 is 1.26 bits per heavy atom. The highest BCUT2D eigenvalue weighted by Crippen LogP contribution is 2.24. The molecule has 0 spiro atoms. The number of carbonyl (C=O) groups excluding carboxylic acids is 1. The lowest BCUT2D eigenvalue weighted by Gasteiger charge is -2.38. The van der Waals surface area contributed by atoms with E-state index in [0.717, 1.165) is 19.0 Å². The molecule has 1 unspecified atom stereocenters. The first-order chi connectivity index (χ1) is 11.0. The number of amides is 1. The molecule has 1 aromatic carbocycles. The molecule has 1 N–H and O–H groups in total. The van der Waals surface area contributed by atoms with Gasteiger partial charge in [-0.05, 0) is 33.0 Å². The van der Waals surface area contributed by atoms with Gasteiger partial charge in [0.25, 0.3) is 0 Å². The first-order valence-electron chi connectivity index (χ1n) is 8.14. The molecule has 0 saturated carbocycles. The highest BCUT2D eigenvalue weighted by atomic mass is 19.1. The van der Waals surface area contributed by atoms with Crippen molar-refractivity contribution in [3.63, 3.8) is 0 Å². The molecule has 0 aromatic heterocycles. The van der Waals surface area contributed by atoms with Crippen molar-refractivity contribution in [3.8, 4) is 0 Å². The number of nitrogens with one attached hydrogen (secondary N) is 1. The third kappa shape index (κ3) is 4.72. The van der Waals surface area contributed by atoms with Crippen molar-refractivity contribution in [1.82, 2.24) is 15.1 Å². The van der Waals surface area contributed by atoms with E-state index in [1.54, 1.807) is 0 Å². The van der Waals surface area contributed by atoms with Crippen LogP contribution in [0.25, 0.3) is 0 Å². The molecule has 1 heterocycles. The molecule has 1 aliphatic rings. The summed E-state index contributed by atoms with van der Waals surface area (Å²) in [7, 11) is 1.87. The van der Waals surface area contributed by atoms with Gasteiger partial charge in [0.05, 0.1) is 0 Å². The fraction of sp³-hybridized carbons (Fsp3) is 0.588. The Hall–Kier alpha value is -1.53. The third-order valence-corrected chi connectivity index (χ3v) is 4.44. The van der Waals surface area contributed by atoms with E-state index < -0.39 is 11.6 Å². The SMILES string of the molecule is CNCCCC(=O)N1CCN(C(C)c2ccc(F)cc2F)CC1. The Labute approximate surface area is 136 Å². The van der Waals surface area contributed by atoms with Gasteiger partial charge in [0.1, 0.15) is 11.6 Å². The van der Waals surface area contributed by atoms with Crippen LogP contribution in [-0.4, -0.2) is 55.5 Å². The van der Waals surface area contributed by atoms with Crippen molar-refractivity contribution >= 4 is 5.91 Å². The molecule has 4 nitrogen and oxygen atoms in total. The van der Waals surface area contributed by atoms with E-state index >= 15 is 0 Å². The number of hydrogen-bond donors (Lipinski definition) is 1. The summed E-state index contributed by atoms with van der Waals surface area (Å²) in [5.74, 6) is -0.890. The summed E-state index contributed by atoms with van der Waals surface area (Å²) < 4.78 is 26.9. The van der Waals surface area contributed by atoms with Crippen LogP contribution >= 0.6 is 0 Å². The Kier molecular flexibility index (Phi) is 6.47. The maximum absolute atomic E-state index is 13.9. The number of carbonyl (C=O) groups is 1. The van der Waals surface area contributed by atoms with Crippen molar-refractivity contribution < 1.29 is 13.6 Å². The molecule has 0 aliphatic carbocycles. The van der Waals surface area contributed by atoms with Crippen molar-refractivity contribution in [3.05, 3.63) is 35.4 Å². The van der Waals surface area contributed by atoms with E-state index in [0.29, 0.717) is 38.2 Å². The van der Waals surface area contributed by atoms with Crippen LogP contribution in [0.3, 0.4) is 0 Å². The third-order valence-electron chi connectivity index (χ3n) is 4.44. The van der Waals surface area contributed by atoms with E-state index in [4.69, 9.17) is 0 Å². The molecule has 1 fully saturated rings. The minimum absolute atomic E-state index is 0.128. The molecule has 1 amide bonds. The Balaban J connectivity index is 1.87. The summed E-state index contributed by atoms with van der Waals surface area (Å²) in [4.78, 5) is 16.1. The summed E-state index contributed by atoms with van der Waals surface area (Å²) in [5, 5.41) is 3.03. The van der Waals surface area contributed by atoms with Gasteiger partial charge < -0.3 is 10.2 Å². The van der Waals surface area contributed by atoms with Gasteiger partial charge in [-0.3, -0.25) is 9.69 Å². The highest BCUT2D eigenvalue weighted by Gasteiger charge is 2.25. The molecule has 1 aliphatic heterocycles. The lowest BCUT2D eigenvalue weighted by Crippen LogP contribution is -2.49. The van der Waals surface area contributed by atoms with Gasteiger partial charge in [-0.1, -0.05) is 6.07 Å². The number of piperazine rings is 1. The Morgan fingerprint density at radius 3 is 2.57 bits per heavy atom. The zero-order valence-electron chi connectivity index (χ0n) is 13.8. The minimum atomic E-state index is -0.560. The van der Waals surface area contributed by atoms with Crippen LogP contribution in [0.2, 0.25) is 0 Å². The van der Waals surface area contributed by atoms with Crippen molar-refractivity contribution in [2.45, 2.75) is 25.8 Å². The molecule has 6 heteroatoms. The number of halogens is 2. The fourth-order valence-corrected chi connectivity index (χ4v) is 2.97. The standard InChI is InChI=1S/C17H25F2N3O/c1-13(15-6-5-14(18)12-16(15)19)21-8-10-22(11-9-21)17(23)4-3-7-20-2/h5-6,12-13,20H,3-4,7-11H2,1-2H3. The Bertz CT molecular complexity index is 531. The number of benzene rings is 1. The van der Waals surface area contributed by atoms with Crippen molar-refractivity contribution in [1.29, 1.82) is 0 Å². The summed E-state index contributed by atoms with van der Waals surface area (Å²) in [6.07, 6.45) is 1.40. The van der Waals surface area contributed by atoms with E-state index in [1.807, 2.05) is 18.9 Å². The second kappa shape index (κ2) is 8.36. The maximum Gasteiger partial charge on any atom is 0.222 e. The molecule has 1 saturated heterocycles. The van der Waals surface area contributed by atoms with Gasteiger partial charge in [-0.2, -0.15) is 0 Å². The summed E-state index contributed by atoms with van der Waals surface area (Å²) in [6, 6.07) is 3.59. The molecule has 1 aromatic rings. The predicted octanol–water partition coefficient (Wildman–Crippen LogP) is 2.17. The minimum Gasteiger partial charge on any atom is -0.340 e. The lowest BCUT2D eigenvalue weighted by molar-refractivity contribution is -0.133. The molecule has 128 valence electrons. The first kappa shape index (κ1) is 17.8. The number of rotatable bonds is 6. The first-order valence-corrected chi connectivity index (χ1v) is 8.14. The average molecular weight is 325 g/mol. The van der Waals surface area contributed by atoms with Gasteiger partial charge in [-0.15, -0.1) is 0 Å². The molecule has 1 atom stereocenters. The summed E-state index contributed by atoms with van der Waals surface area (Å²) >= 11 is 0. The van der Waals surface area contributed by atoms with Crippen LogP contribution in [0.1, 0.15) is 31.4 Å². The summed E-state index contributed by atoms with van der Waals surface area (Å²) in [6.45, 7) is 5.48. The lowest BCUT2D eigenvalue weighted by atomic mass is 10.1. The highest BCUT2D eigenvalue weighted by molar-refractivity contribution is 5.76. The van der Waals surface area contributed by atoms with Gasteiger partial charge >= 0.3 is 0 Å². The molecular weight excluding hydrogens is 300 g/mol. The normalized spacial score (nSPS) is 17.3. The van der Waals surface area contributed by atoms with E-state index in [2.05, 4.69) is 10.2 Å². The van der Waals surface area contributed by atoms with E-state index in [-0.39, 0.29) is 11.9 Å². The van der Waals surface area contributed by atoms with Crippen LogP contribution in [-0.2, 0) is 4.79 Å². The monoisotopic (exact) mass is 325 g/mol. The fourth-order valence-electron chi connectivity index (χ4n) is 2.97. The summed E-state index contributed by atoms with van der Waals surface area (Å²) in [5.41, 5.74) is 0.500. The molecular formula is C17H25F2N3O. The zero-order chi connectivity index (χ0) is 16.8. The number of hydrogen-bond acceptors (Lipinski definition) is 3. The predicted molar refractivity (Wildman–Crippen MR) is 86.1 cm³/mol. The van der Waals surface area contributed by atoms with Gasteiger partial charge in [0, 0.05) is 50.3 Å². The van der Waals surface area contributed by atoms with Crippen molar-refractivity contribution in [2.75, 3.05) is 39.8 Å². The van der Waals surface area contributed by atoms with Gasteiger partial charge in [-0.25, -0.2) is 8.78 Å². The topological polar surface area (TPSA) is 35.6 Å². The van der Waals surface area contributed by atoms with Crippen LogP contribution in [0.5, 0.6) is 0 Å². The van der Waals surface area contributed by atoms with Crippen LogP contribution < -0.4 is 5.32 Å². The van der Waals surface area contributed by atoms with Crippen molar-refractivity contribution in [2.24, 2.45) is 0 Å². The van der Waals surface area contributed by atoms with E-state index in [1.165, 1.54) is 12.1 Å². The smallest absolute Gasteiger partial charge is 0.222 e. The molecule has 0 radical (unpaired) electrons. The zero-order valence-corrected chi connectivity index (χ0v) is 13.8. The van der Waals surface area contributed by atoms with Crippen LogP contribution in [0, 0.1) is 11.6 Å². The van der Waals surface area contributed by atoms with Crippen LogP contribution in [0.15, 0.2) is 18.2 Å². The maximum atomic E-state index is 13.9. The molecule has 0 bridgehead atoms. The van der Waals surface area contributed by atoms with Gasteiger partial charge in [0.2, 0.25) is 5.91 Å². The van der Waals surface area contributed by atoms with Gasteiger partial charge in [0.15, 0.2) is 0 Å². The van der Waals surface area contributed by atoms with E-state index in [9.17, 15) is 13.6 Å². The average Bonchev–Trinajstić information content (AvgIpc) is 2.54. The van der Waals surface area contributed by atoms with Crippen LogP contribution in [0.4, 0.5) is 8.78 Å².